The minimum absolute atomic E-state index is 0.421. The van der Waals surface area contributed by atoms with E-state index < -0.39 is 0 Å². The highest BCUT2D eigenvalue weighted by molar-refractivity contribution is 5.83. The summed E-state index contributed by atoms with van der Waals surface area (Å²) < 4.78 is 14.6. The van der Waals surface area contributed by atoms with Crippen LogP contribution in [-0.4, -0.2) is 16.2 Å². The lowest BCUT2D eigenvalue weighted by Crippen LogP contribution is -2.10. The number of aryl methyl sites for hydroxylation is 1. The van der Waals surface area contributed by atoms with Crippen molar-refractivity contribution in [2.75, 3.05) is 6.61 Å². The Morgan fingerprint density at radius 3 is 2.44 bits per heavy atom. The number of aromatic nitrogens is 2. The normalized spacial score (nSPS) is 11.4. The Labute approximate surface area is 200 Å². The van der Waals surface area contributed by atoms with Crippen molar-refractivity contribution in [3.8, 4) is 11.5 Å². The smallest absolute Gasteiger partial charge is 0.147 e. The summed E-state index contributed by atoms with van der Waals surface area (Å²) in [6.45, 7) is 6.29. The molecule has 0 aliphatic rings. The molecule has 0 saturated carbocycles. The molecule has 0 aliphatic heterocycles. The second-order valence-corrected chi connectivity index (χ2v) is 8.86. The van der Waals surface area contributed by atoms with Crippen LogP contribution in [0.3, 0.4) is 0 Å². The van der Waals surface area contributed by atoms with Crippen molar-refractivity contribution < 1.29 is 9.47 Å². The van der Waals surface area contributed by atoms with Gasteiger partial charge in [-0.2, -0.15) is 0 Å². The van der Waals surface area contributed by atoms with E-state index in [4.69, 9.17) is 14.5 Å². The lowest BCUT2D eigenvalue weighted by Gasteiger charge is -2.15. The zero-order chi connectivity index (χ0) is 23.3. The van der Waals surface area contributed by atoms with E-state index >= 15 is 0 Å². The zero-order valence-electron chi connectivity index (χ0n) is 19.8. The molecular formula is C30H30N2O2. The number of fused-ring (bicyclic) bond motifs is 2. The average molecular weight is 451 g/mol. The molecule has 172 valence electrons. The van der Waals surface area contributed by atoms with Crippen molar-refractivity contribution in [3.63, 3.8) is 0 Å². The quantitative estimate of drug-likeness (QED) is 0.220. The number of rotatable bonds is 9. The summed E-state index contributed by atoms with van der Waals surface area (Å²) in [7, 11) is 0. The third kappa shape index (κ3) is 4.76. The number of nitrogens with zero attached hydrogens (tertiary/aromatic N) is 2. The van der Waals surface area contributed by atoms with Crippen LogP contribution in [0.2, 0.25) is 0 Å². The molecule has 4 heteroatoms. The van der Waals surface area contributed by atoms with Gasteiger partial charge in [-0.3, -0.25) is 0 Å². The van der Waals surface area contributed by atoms with E-state index in [2.05, 4.69) is 85.1 Å². The predicted octanol–water partition coefficient (Wildman–Crippen LogP) is 7.36. The van der Waals surface area contributed by atoms with Crippen molar-refractivity contribution in [2.45, 2.75) is 39.3 Å². The standard InChI is InChI=1S/C30H30N2O2/c1-22(2)26-12-5-8-15-29(26)33-19-9-18-32-28-14-7-6-13-27(28)31-30(32)21-34-25-17-16-23-10-3-4-11-24(23)20-25/h3-8,10-17,20,22H,9,18-19,21H2,1-2H3. The minimum atomic E-state index is 0.421. The topological polar surface area (TPSA) is 36.3 Å². The molecule has 34 heavy (non-hydrogen) atoms. The van der Waals surface area contributed by atoms with Gasteiger partial charge in [0.1, 0.15) is 23.9 Å². The summed E-state index contributed by atoms with van der Waals surface area (Å²) in [5, 5.41) is 2.38. The molecule has 4 nitrogen and oxygen atoms in total. The number of para-hydroxylation sites is 3. The van der Waals surface area contributed by atoms with Gasteiger partial charge in [0.25, 0.3) is 0 Å². The van der Waals surface area contributed by atoms with Crippen LogP contribution in [0, 0.1) is 0 Å². The van der Waals surface area contributed by atoms with Crippen molar-refractivity contribution in [2.24, 2.45) is 0 Å². The van der Waals surface area contributed by atoms with E-state index in [0.717, 1.165) is 41.3 Å². The fourth-order valence-electron chi connectivity index (χ4n) is 4.38. The Hall–Kier alpha value is -3.79. The number of imidazole rings is 1. The third-order valence-corrected chi connectivity index (χ3v) is 6.15. The van der Waals surface area contributed by atoms with Gasteiger partial charge in [0, 0.05) is 6.54 Å². The first kappa shape index (κ1) is 22.0. The molecule has 0 saturated heterocycles. The fraction of sp³-hybridized carbons (Fsp3) is 0.233. The Bertz CT molecular complexity index is 1400. The van der Waals surface area contributed by atoms with E-state index in [0.29, 0.717) is 19.1 Å². The van der Waals surface area contributed by atoms with Crippen LogP contribution in [-0.2, 0) is 13.2 Å². The van der Waals surface area contributed by atoms with Gasteiger partial charge in [0.2, 0.25) is 0 Å². The number of benzene rings is 4. The molecule has 0 radical (unpaired) electrons. The third-order valence-electron chi connectivity index (χ3n) is 6.15. The van der Waals surface area contributed by atoms with E-state index in [1.54, 1.807) is 0 Å². The Morgan fingerprint density at radius 1 is 0.794 bits per heavy atom. The molecular weight excluding hydrogens is 420 g/mol. The van der Waals surface area contributed by atoms with Gasteiger partial charge in [-0.15, -0.1) is 0 Å². The van der Waals surface area contributed by atoms with E-state index in [1.807, 2.05) is 24.3 Å². The van der Waals surface area contributed by atoms with E-state index in [9.17, 15) is 0 Å². The summed E-state index contributed by atoms with van der Waals surface area (Å²) in [6.07, 6.45) is 0.885. The van der Waals surface area contributed by atoms with Crippen LogP contribution in [0.1, 0.15) is 37.6 Å². The van der Waals surface area contributed by atoms with Gasteiger partial charge in [0.15, 0.2) is 0 Å². The highest BCUT2D eigenvalue weighted by Crippen LogP contribution is 2.26. The highest BCUT2D eigenvalue weighted by Gasteiger charge is 2.12. The van der Waals surface area contributed by atoms with Gasteiger partial charge in [0.05, 0.1) is 17.6 Å². The number of ether oxygens (including phenoxy) is 2. The van der Waals surface area contributed by atoms with Crippen molar-refractivity contribution in [1.29, 1.82) is 0 Å². The first-order valence-electron chi connectivity index (χ1n) is 12.0. The average Bonchev–Trinajstić information content (AvgIpc) is 3.22. The van der Waals surface area contributed by atoms with Gasteiger partial charge in [-0.25, -0.2) is 4.98 Å². The summed E-state index contributed by atoms with van der Waals surface area (Å²) >= 11 is 0. The van der Waals surface area contributed by atoms with Crippen molar-refractivity contribution in [3.05, 3.63) is 102 Å². The Morgan fingerprint density at radius 2 is 1.56 bits per heavy atom. The van der Waals surface area contributed by atoms with Crippen LogP contribution < -0.4 is 9.47 Å². The van der Waals surface area contributed by atoms with Gasteiger partial charge >= 0.3 is 0 Å². The molecule has 0 amide bonds. The SMILES string of the molecule is CC(C)c1ccccc1OCCCn1c(COc2ccc3ccccc3c2)nc2ccccc21. The van der Waals surface area contributed by atoms with Crippen molar-refractivity contribution >= 4 is 21.8 Å². The molecule has 5 rings (SSSR count). The maximum atomic E-state index is 6.17. The number of hydrogen-bond donors (Lipinski definition) is 0. The molecule has 1 heterocycles. The molecule has 1 aromatic heterocycles. The van der Waals surface area contributed by atoms with Crippen LogP contribution in [0.5, 0.6) is 11.5 Å². The van der Waals surface area contributed by atoms with Crippen LogP contribution in [0.15, 0.2) is 91.0 Å². The second-order valence-electron chi connectivity index (χ2n) is 8.86. The molecule has 0 fully saturated rings. The van der Waals surface area contributed by atoms with E-state index in [-0.39, 0.29) is 0 Å². The molecule has 0 unspecified atom stereocenters. The molecule has 0 N–H and O–H groups in total. The summed E-state index contributed by atoms with van der Waals surface area (Å²) in [5.74, 6) is 3.20. The molecule has 0 atom stereocenters. The molecule has 4 aromatic carbocycles. The molecule has 0 spiro atoms. The molecule has 5 aromatic rings. The van der Waals surface area contributed by atoms with Crippen LogP contribution in [0.4, 0.5) is 0 Å². The van der Waals surface area contributed by atoms with Crippen molar-refractivity contribution in [1.82, 2.24) is 9.55 Å². The van der Waals surface area contributed by atoms with Gasteiger partial charge < -0.3 is 14.0 Å². The van der Waals surface area contributed by atoms with Gasteiger partial charge in [-0.05, 0) is 59.0 Å². The largest absolute Gasteiger partial charge is 0.493 e. The Kier molecular flexibility index (Phi) is 6.48. The predicted molar refractivity (Wildman–Crippen MR) is 139 cm³/mol. The zero-order valence-corrected chi connectivity index (χ0v) is 19.8. The summed E-state index contributed by atoms with van der Waals surface area (Å²) in [6, 6.07) is 31.1. The number of hydrogen-bond acceptors (Lipinski definition) is 3. The summed E-state index contributed by atoms with van der Waals surface area (Å²) in [5.41, 5.74) is 3.37. The Balaban J connectivity index is 1.29. The lowest BCUT2D eigenvalue weighted by molar-refractivity contribution is 0.279. The lowest BCUT2D eigenvalue weighted by atomic mass is 10.0. The van der Waals surface area contributed by atoms with E-state index in [1.165, 1.54) is 16.3 Å². The fourth-order valence-corrected chi connectivity index (χ4v) is 4.38. The maximum Gasteiger partial charge on any atom is 0.147 e. The first-order chi connectivity index (χ1) is 16.7. The molecule has 0 aliphatic carbocycles. The maximum absolute atomic E-state index is 6.17. The highest BCUT2D eigenvalue weighted by atomic mass is 16.5. The minimum Gasteiger partial charge on any atom is -0.493 e. The monoisotopic (exact) mass is 450 g/mol. The van der Waals surface area contributed by atoms with Crippen LogP contribution >= 0.6 is 0 Å². The first-order valence-corrected chi connectivity index (χ1v) is 12.0. The molecule has 0 bridgehead atoms. The van der Waals surface area contributed by atoms with Crippen LogP contribution in [0.25, 0.3) is 21.8 Å². The summed E-state index contributed by atoms with van der Waals surface area (Å²) in [4.78, 5) is 4.86. The van der Waals surface area contributed by atoms with Gasteiger partial charge in [-0.1, -0.05) is 74.5 Å². The second kappa shape index (κ2) is 10.0.